The Bertz CT molecular complexity index is 626. The first kappa shape index (κ1) is 18.4. The lowest BCUT2D eigenvalue weighted by molar-refractivity contribution is -0.122. The molecular formula is C19H24O5. The van der Waals surface area contributed by atoms with Crippen molar-refractivity contribution < 1.29 is 24.2 Å². The molecule has 0 amide bonds. The zero-order valence-electron chi connectivity index (χ0n) is 14.4. The third-order valence-electron chi connectivity index (χ3n) is 4.30. The van der Waals surface area contributed by atoms with Crippen molar-refractivity contribution in [3.63, 3.8) is 0 Å². The molecule has 0 saturated carbocycles. The largest absolute Gasteiger partial charge is 0.511 e. The average molecular weight is 332 g/mol. The van der Waals surface area contributed by atoms with E-state index >= 15 is 0 Å². The summed E-state index contributed by atoms with van der Waals surface area (Å²) < 4.78 is 10.4. The topological polar surface area (TPSA) is 72.8 Å². The summed E-state index contributed by atoms with van der Waals surface area (Å²) in [7, 11) is 3.14. The third-order valence-corrected chi connectivity index (χ3v) is 4.30. The van der Waals surface area contributed by atoms with E-state index in [0.717, 1.165) is 11.1 Å². The minimum atomic E-state index is -0.432. The highest BCUT2D eigenvalue weighted by Crippen LogP contribution is 2.34. The van der Waals surface area contributed by atoms with Crippen LogP contribution in [0.2, 0.25) is 0 Å². The molecule has 0 saturated heterocycles. The van der Waals surface area contributed by atoms with Crippen LogP contribution >= 0.6 is 0 Å². The summed E-state index contributed by atoms with van der Waals surface area (Å²) in [5.41, 5.74) is 1.83. The maximum atomic E-state index is 12.3. The first-order valence-electron chi connectivity index (χ1n) is 8.15. The van der Waals surface area contributed by atoms with Gasteiger partial charge in [-0.3, -0.25) is 9.59 Å². The summed E-state index contributed by atoms with van der Waals surface area (Å²) in [5.74, 6) is -0.714. The van der Waals surface area contributed by atoms with Gasteiger partial charge in [0.1, 0.15) is 5.76 Å². The summed E-state index contributed by atoms with van der Waals surface area (Å²) in [6.07, 6.45) is 1.08. The fourth-order valence-electron chi connectivity index (χ4n) is 3.09. The Morgan fingerprint density at radius 1 is 1.21 bits per heavy atom. The van der Waals surface area contributed by atoms with Crippen LogP contribution in [-0.4, -0.2) is 30.9 Å². The van der Waals surface area contributed by atoms with Crippen molar-refractivity contribution >= 4 is 11.6 Å². The summed E-state index contributed by atoms with van der Waals surface area (Å²) in [5, 5.41) is 10.2. The van der Waals surface area contributed by atoms with E-state index in [4.69, 9.17) is 9.47 Å². The predicted octanol–water partition coefficient (Wildman–Crippen LogP) is 3.61. The monoisotopic (exact) mass is 332 g/mol. The minimum absolute atomic E-state index is 0.00329. The molecule has 0 heterocycles. The van der Waals surface area contributed by atoms with Gasteiger partial charge in [-0.2, -0.15) is 0 Å². The van der Waals surface area contributed by atoms with Gasteiger partial charge in [-0.05, 0) is 17.9 Å². The number of allylic oxidation sites excluding steroid dienone is 2. The van der Waals surface area contributed by atoms with Gasteiger partial charge >= 0.3 is 0 Å². The predicted molar refractivity (Wildman–Crippen MR) is 89.8 cm³/mol. The van der Waals surface area contributed by atoms with E-state index in [0.29, 0.717) is 19.3 Å². The zero-order valence-corrected chi connectivity index (χ0v) is 14.4. The van der Waals surface area contributed by atoms with Gasteiger partial charge in [0.25, 0.3) is 0 Å². The molecule has 2 rings (SSSR count). The van der Waals surface area contributed by atoms with Gasteiger partial charge in [0, 0.05) is 39.0 Å². The number of aliphatic hydroxyl groups excluding tert-OH is 1. The van der Waals surface area contributed by atoms with E-state index in [1.54, 1.807) is 14.2 Å². The number of rotatable bonds is 7. The van der Waals surface area contributed by atoms with Crippen LogP contribution in [-0.2, 0) is 19.1 Å². The van der Waals surface area contributed by atoms with Crippen LogP contribution in [0, 0.1) is 0 Å². The van der Waals surface area contributed by atoms with E-state index in [9.17, 15) is 14.7 Å². The molecule has 0 aromatic heterocycles. The first-order valence-corrected chi connectivity index (χ1v) is 8.15. The van der Waals surface area contributed by atoms with Crippen LogP contribution in [0.5, 0.6) is 0 Å². The van der Waals surface area contributed by atoms with Gasteiger partial charge in [-0.15, -0.1) is 0 Å². The molecule has 1 aliphatic rings. The lowest BCUT2D eigenvalue weighted by atomic mass is 9.81. The highest BCUT2D eigenvalue weighted by molar-refractivity contribution is 6.21. The van der Waals surface area contributed by atoms with Crippen molar-refractivity contribution in [2.24, 2.45) is 0 Å². The average Bonchev–Trinajstić information content (AvgIpc) is 2.56. The molecule has 5 heteroatoms. The summed E-state index contributed by atoms with van der Waals surface area (Å²) in [6.45, 7) is 1.88. The Morgan fingerprint density at radius 2 is 1.83 bits per heavy atom. The van der Waals surface area contributed by atoms with Crippen LogP contribution < -0.4 is 0 Å². The Labute approximate surface area is 142 Å². The number of carbonyl (C=O) groups excluding carboxylic acids is 2. The van der Waals surface area contributed by atoms with Crippen molar-refractivity contribution in [2.75, 3.05) is 14.2 Å². The van der Waals surface area contributed by atoms with E-state index in [1.165, 1.54) is 0 Å². The SMILES string of the molecule is CCCC(=O)C1=C(O)CC(c2ccc(C(OC)OC)cc2)CC1=O. The van der Waals surface area contributed by atoms with E-state index in [-0.39, 0.29) is 35.2 Å². The molecule has 130 valence electrons. The number of benzene rings is 1. The zero-order chi connectivity index (χ0) is 17.7. The van der Waals surface area contributed by atoms with Crippen LogP contribution in [0.15, 0.2) is 35.6 Å². The van der Waals surface area contributed by atoms with Crippen molar-refractivity contribution in [1.29, 1.82) is 0 Å². The van der Waals surface area contributed by atoms with Gasteiger partial charge < -0.3 is 14.6 Å². The maximum absolute atomic E-state index is 12.3. The molecule has 1 aromatic rings. The molecular weight excluding hydrogens is 308 g/mol. The molecule has 0 spiro atoms. The normalized spacial score (nSPS) is 18.3. The fourth-order valence-corrected chi connectivity index (χ4v) is 3.09. The van der Waals surface area contributed by atoms with Crippen LogP contribution in [0.3, 0.4) is 0 Å². The molecule has 1 N–H and O–H groups in total. The molecule has 0 fully saturated rings. The second-order valence-electron chi connectivity index (χ2n) is 5.99. The van der Waals surface area contributed by atoms with Gasteiger partial charge in [-0.1, -0.05) is 31.2 Å². The van der Waals surface area contributed by atoms with Crippen molar-refractivity contribution in [1.82, 2.24) is 0 Å². The molecule has 0 aliphatic heterocycles. The second-order valence-corrected chi connectivity index (χ2v) is 5.99. The van der Waals surface area contributed by atoms with Gasteiger partial charge in [-0.25, -0.2) is 0 Å². The number of ether oxygens (including phenoxy) is 2. The quantitative estimate of drug-likeness (QED) is 0.610. The Morgan fingerprint density at radius 3 is 2.33 bits per heavy atom. The lowest BCUT2D eigenvalue weighted by Gasteiger charge is -2.23. The van der Waals surface area contributed by atoms with Gasteiger partial charge in [0.2, 0.25) is 0 Å². The number of aliphatic hydroxyl groups is 1. The van der Waals surface area contributed by atoms with Gasteiger partial charge in [0.15, 0.2) is 17.9 Å². The first-order chi connectivity index (χ1) is 11.5. The van der Waals surface area contributed by atoms with Crippen LogP contribution in [0.4, 0.5) is 0 Å². The molecule has 1 atom stereocenters. The Kier molecular flexibility index (Phi) is 6.29. The summed E-state index contributed by atoms with van der Waals surface area (Å²) in [6, 6.07) is 7.58. The Balaban J connectivity index is 2.18. The van der Waals surface area contributed by atoms with Crippen molar-refractivity contribution in [3.05, 3.63) is 46.7 Å². The molecule has 24 heavy (non-hydrogen) atoms. The van der Waals surface area contributed by atoms with Crippen LogP contribution in [0.1, 0.15) is 55.9 Å². The number of ketones is 2. The molecule has 1 aromatic carbocycles. The molecule has 5 nitrogen and oxygen atoms in total. The van der Waals surface area contributed by atoms with E-state index in [1.807, 2.05) is 31.2 Å². The second kappa shape index (κ2) is 8.22. The molecule has 1 unspecified atom stereocenters. The maximum Gasteiger partial charge on any atom is 0.183 e. The number of methoxy groups -OCH3 is 2. The molecule has 0 radical (unpaired) electrons. The van der Waals surface area contributed by atoms with Crippen molar-refractivity contribution in [2.45, 2.75) is 44.8 Å². The van der Waals surface area contributed by atoms with Crippen LogP contribution in [0.25, 0.3) is 0 Å². The fraction of sp³-hybridized carbons (Fsp3) is 0.474. The number of Topliss-reactive ketones (excluding diaryl/α,β-unsaturated/α-hetero) is 2. The standard InChI is InChI=1S/C19H24O5/c1-4-5-15(20)18-16(21)10-14(11-17(18)22)12-6-8-13(9-7-12)19(23-2)24-3/h6-9,14,19,21H,4-5,10-11H2,1-3H3. The number of carbonyl (C=O) groups is 2. The third kappa shape index (κ3) is 3.91. The molecule has 0 bridgehead atoms. The lowest BCUT2D eigenvalue weighted by Crippen LogP contribution is -2.23. The van der Waals surface area contributed by atoms with E-state index in [2.05, 4.69) is 0 Å². The number of hydrogen-bond donors (Lipinski definition) is 1. The minimum Gasteiger partial charge on any atom is -0.511 e. The highest BCUT2D eigenvalue weighted by Gasteiger charge is 2.32. The smallest absolute Gasteiger partial charge is 0.183 e. The Hall–Kier alpha value is -1.98. The van der Waals surface area contributed by atoms with E-state index < -0.39 is 6.29 Å². The summed E-state index contributed by atoms with van der Waals surface area (Å²) >= 11 is 0. The van der Waals surface area contributed by atoms with Gasteiger partial charge in [0.05, 0.1) is 5.57 Å². The molecule has 1 aliphatic carbocycles. The van der Waals surface area contributed by atoms with Crippen molar-refractivity contribution in [3.8, 4) is 0 Å². The summed E-state index contributed by atoms with van der Waals surface area (Å²) in [4.78, 5) is 24.3. The highest BCUT2D eigenvalue weighted by atomic mass is 16.7. The number of hydrogen-bond acceptors (Lipinski definition) is 5.